The molecule has 2 aliphatic heterocycles. The van der Waals surface area contributed by atoms with Crippen LogP contribution in [0.4, 0.5) is 0 Å². The molecule has 176 valence electrons. The molecule has 1 unspecified atom stereocenters. The lowest BCUT2D eigenvalue weighted by molar-refractivity contribution is 0.127. The van der Waals surface area contributed by atoms with E-state index in [0.29, 0.717) is 50.1 Å². The predicted molar refractivity (Wildman–Crippen MR) is 132 cm³/mol. The van der Waals surface area contributed by atoms with Gasteiger partial charge in [-0.2, -0.15) is 4.31 Å². The van der Waals surface area contributed by atoms with Gasteiger partial charge in [0.25, 0.3) is 0 Å². The fraction of sp³-hybridized carbons (Fsp3) is 0.667. The Hall–Kier alpha value is -0.950. The summed E-state index contributed by atoms with van der Waals surface area (Å²) < 4.78 is 32.6. The highest BCUT2D eigenvalue weighted by atomic mass is 127. The molecule has 0 spiro atoms. The van der Waals surface area contributed by atoms with Crippen molar-refractivity contribution in [2.24, 2.45) is 10.4 Å². The van der Waals surface area contributed by atoms with Crippen molar-refractivity contribution >= 4 is 40.0 Å². The number of hydrogen-bond donors (Lipinski definition) is 3. The summed E-state index contributed by atoms with van der Waals surface area (Å²) in [6.45, 7) is 3.94. The summed E-state index contributed by atoms with van der Waals surface area (Å²) in [7, 11) is -1.68. The van der Waals surface area contributed by atoms with Gasteiger partial charge >= 0.3 is 0 Å². The molecule has 10 heteroatoms. The van der Waals surface area contributed by atoms with Crippen LogP contribution in [0.5, 0.6) is 0 Å². The molecular weight excluding hydrogens is 531 g/mol. The molecule has 2 fully saturated rings. The topological polar surface area (TPSA) is 103 Å². The first-order valence-electron chi connectivity index (χ1n) is 10.7. The molecule has 8 nitrogen and oxygen atoms in total. The van der Waals surface area contributed by atoms with Crippen LogP contribution in [0, 0.1) is 5.41 Å². The molecule has 0 amide bonds. The average molecular weight is 567 g/mol. The molecule has 1 aromatic rings. The minimum atomic E-state index is -3.40. The summed E-state index contributed by atoms with van der Waals surface area (Å²) in [6, 6.07) is 7.05. The number of nitrogens with zero attached hydrogens (tertiary/aromatic N) is 2. The summed E-state index contributed by atoms with van der Waals surface area (Å²) in [6.07, 6.45) is 4.58. The zero-order valence-corrected chi connectivity index (χ0v) is 21.3. The van der Waals surface area contributed by atoms with Gasteiger partial charge in [-0.05, 0) is 43.4 Å². The van der Waals surface area contributed by atoms with Crippen LogP contribution < -0.4 is 10.6 Å². The molecule has 3 N–H and O–H groups in total. The number of aliphatic hydroxyl groups is 1. The van der Waals surface area contributed by atoms with Gasteiger partial charge in [0.05, 0.1) is 11.5 Å². The van der Waals surface area contributed by atoms with Crippen LogP contribution in [0.3, 0.4) is 0 Å². The first kappa shape index (κ1) is 26.3. The molecular formula is C21H35IN4O4S. The Balaban J connectivity index is 0.00000341. The second-order valence-corrected chi connectivity index (χ2v) is 10.1. The van der Waals surface area contributed by atoms with Gasteiger partial charge in [0.15, 0.2) is 5.96 Å². The normalized spacial score (nSPS) is 22.7. The molecule has 0 aromatic heterocycles. The Morgan fingerprint density at radius 1 is 1.19 bits per heavy atom. The SMILES string of the molecule is CN=C(NCc1ccc(S(=O)(=O)N2CCCCC2)cc1)NCC1(CCO)CCOC1.I. The number of aliphatic hydroxyl groups excluding tert-OH is 1. The first-order valence-corrected chi connectivity index (χ1v) is 12.2. The summed E-state index contributed by atoms with van der Waals surface area (Å²) in [5.74, 6) is 0.671. The van der Waals surface area contributed by atoms with E-state index in [2.05, 4.69) is 15.6 Å². The van der Waals surface area contributed by atoms with Crippen LogP contribution in [0.25, 0.3) is 0 Å². The average Bonchev–Trinajstić information content (AvgIpc) is 3.24. The molecule has 2 heterocycles. The van der Waals surface area contributed by atoms with E-state index in [1.165, 1.54) is 0 Å². The third-order valence-corrected chi connectivity index (χ3v) is 7.93. The minimum Gasteiger partial charge on any atom is -0.396 e. The number of sulfonamides is 1. The Bertz CT molecular complexity index is 805. The van der Waals surface area contributed by atoms with Crippen LogP contribution in [-0.4, -0.2) is 70.3 Å². The lowest BCUT2D eigenvalue weighted by Crippen LogP contribution is -2.44. The van der Waals surface area contributed by atoms with Crippen LogP contribution in [0.2, 0.25) is 0 Å². The van der Waals surface area contributed by atoms with Crippen molar-refractivity contribution in [3.63, 3.8) is 0 Å². The van der Waals surface area contributed by atoms with Crippen LogP contribution in [0.15, 0.2) is 34.2 Å². The third-order valence-electron chi connectivity index (χ3n) is 6.02. The van der Waals surface area contributed by atoms with E-state index in [9.17, 15) is 13.5 Å². The Labute approximate surface area is 202 Å². The van der Waals surface area contributed by atoms with Crippen molar-refractivity contribution in [3.05, 3.63) is 29.8 Å². The lowest BCUT2D eigenvalue weighted by Gasteiger charge is -2.27. The fourth-order valence-corrected chi connectivity index (χ4v) is 5.54. The summed E-state index contributed by atoms with van der Waals surface area (Å²) in [5, 5.41) is 16.0. The van der Waals surface area contributed by atoms with Crippen LogP contribution in [-0.2, 0) is 21.3 Å². The summed E-state index contributed by atoms with van der Waals surface area (Å²) in [5.41, 5.74) is 0.918. The lowest BCUT2D eigenvalue weighted by atomic mass is 9.84. The van der Waals surface area contributed by atoms with Gasteiger partial charge in [-0.3, -0.25) is 4.99 Å². The van der Waals surface area contributed by atoms with Crippen molar-refractivity contribution < 1.29 is 18.3 Å². The molecule has 31 heavy (non-hydrogen) atoms. The van der Waals surface area contributed by atoms with Gasteiger partial charge in [0, 0.05) is 51.9 Å². The van der Waals surface area contributed by atoms with Crippen molar-refractivity contribution in [2.75, 3.05) is 46.5 Å². The Morgan fingerprint density at radius 2 is 1.90 bits per heavy atom. The highest BCUT2D eigenvalue weighted by molar-refractivity contribution is 14.0. The number of rotatable bonds is 8. The van der Waals surface area contributed by atoms with E-state index in [-0.39, 0.29) is 36.0 Å². The number of hydrogen-bond acceptors (Lipinski definition) is 5. The van der Waals surface area contributed by atoms with E-state index in [1.54, 1.807) is 23.5 Å². The molecule has 2 aliphatic rings. The first-order chi connectivity index (χ1) is 14.5. The summed E-state index contributed by atoms with van der Waals surface area (Å²) in [4.78, 5) is 4.61. The van der Waals surface area contributed by atoms with Crippen molar-refractivity contribution in [3.8, 4) is 0 Å². The van der Waals surface area contributed by atoms with E-state index in [1.807, 2.05) is 12.1 Å². The molecule has 1 atom stereocenters. The molecule has 3 rings (SSSR count). The maximum Gasteiger partial charge on any atom is 0.243 e. The Kier molecular flexibility index (Phi) is 10.5. The van der Waals surface area contributed by atoms with Crippen molar-refractivity contribution in [2.45, 2.75) is 43.5 Å². The predicted octanol–water partition coefficient (Wildman–Crippen LogP) is 1.93. The number of benzene rings is 1. The molecule has 0 bridgehead atoms. The molecule has 0 saturated carbocycles. The maximum absolute atomic E-state index is 12.8. The standard InChI is InChI=1S/C21H34N4O4S.HI/c1-22-20(24-16-21(9-13-26)10-14-29-17-21)23-15-18-5-7-19(8-6-18)30(27,28)25-11-3-2-4-12-25;/h5-8,26H,2-4,9-17H2,1H3,(H2,22,23,24);1H. The van der Waals surface area contributed by atoms with E-state index in [0.717, 1.165) is 37.9 Å². The molecule has 1 aromatic carbocycles. The largest absolute Gasteiger partial charge is 0.396 e. The van der Waals surface area contributed by atoms with Gasteiger partial charge in [0.1, 0.15) is 0 Å². The van der Waals surface area contributed by atoms with E-state index >= 15 is 0 Å². The van der Waals surface area contributed by atoms with Gasteiger partial charge in [0.2, 0.25) is 10.0 Å². The maximum atomic E-state index is 12.8. The van der Waals surface area contributed by atoms with Gasteiger partial charge in [-0.15, -0.1) is 24.0 Å². The van der Waals surface area contributed by atoms with Crippen LogP contribution in [0.1, 0.15) is 37.7 Å². The zero-order valence-electron chi connectivity index (χ0n) is 18.2. The number of guanidine groups is 1. The second kappa shape index (κ2) is 12.3. The van der Waals surface area contributed by atoms with Crippen molar-refractivity contribution in [1.29, 1.82) is 0 Å². The monoisotopic (exact) mass is 566 g/mol. The zero-order chi connectivity index (χ0) is 21.5. The number of nitrogens with one attached hydrogen (secondary N) is 2. The minimum absolute atomic E-state index is 0. The number of halogens is 1. The molecule has 2 saturated heterocycles. The second-order valence-electron chi connectivity index (χ2n) is 8.16. The van der Waals surface area contributed by atoms with E-state index in [4.69, 9.17) is 4.74 Å². The quantitative estimate of drug-likeness (QED) is 0.253. The van der Waals surface area contributed by atoms with Gasteiger partial charge < -0.3 is 20.5 Å². The van der Waals surface area contributed by atoms with Crippen LogP contribution >= 0.6 is 24.0 Å². The molecule has 0 aliphatic carbocycles. The highest BCUT2D eigenvalue weighted by Crippen LogP contribution is 2.31. The number of ether oxygens (including phenoxy) is 1. The smallest absolute Gasteiger partial charge is 0.243 e. The number of aliphatic imine (C=N–C) groups is 1. The highest BCUT2D eigenvalue weighted by Gasteiger charge is 2.34. The Morgan fingerprint density at radius 3 is 2.48 bits per heavy atom. The van der Waals surface area contributed by atoms with Gasteiger partial charge in [-0.1, -0.05) is 18.6 Å². The van der Waals surface area contributed by atoms with Gasteiger partial charge in [-0.25, -0.2) is 8.42 Å². The van der Waals surface area contributed by atoms with Crippen molar-refractivity contribution in [1.82, 2.24) is 14.9 Å². The van der Waals surface area contributed by atoms with E-state index < -0.39 is 10.0 Å². The number of piperidine rings is 1. The summed E-state index contributed by atoms with van der Waals surface area (Å²) >= 11 is 0. The fourth-order valence-electron chi connectivity index (χ4n) is 4.02. The third kappa shape index (κ3) is 7.01. The molecule has 0 radical (unpaired) electrons.